The number of nitrogens with zero attached hydrogens (tertiary/aromatic N) is 3. The molecule has 0 aromatic carbocycles. The van der Waals surface area contributed by atoms with Crippen LogP contribution in [-0.4, -0.2) is 59.2 Å². The van der Waals surface area contributed by atoms with Crippen LogP contribution in [0.4, 0.5) is 4.79 Å². The number of piperazine rings is 1. The van der Waals surface area contributed by atoms with Crippen LogP contribution >= 0.6 is 11.3 Å². The Morgan fingerprint density at radius 2 is 1.56 bits per heavy atom. The van der Waals surface area contributed by atoms with Crippen LogP contribution in [0.25, 0.3) is 5.00 Å². The van der Waals surface area contributed by atoms with Crippen molar-refractivity contribution in [1.29, 1.82) is 0 Å². The predicted molar refractivity (Wildman–Crippen MR) is 107 cm³/mol. The molecule has 146 valence electrons. The van der Waals surface area contributed by atoms with E-state index in [9.17, 15) is 9.59 Å². The zero-order chi connectivity index (χ0) is 19.7. The lowest BCUT2D eigenvalue weighted by molar-refractivity contribution is 0.0570. The van der Waals surface area contributed by atoms with Crippen molar-refractivity contribution in [1.82, 2.24) is 14.4 Å². The molecule has 0 unspecified atom stereocenters. The molecule has 0 atom stereocenters. The van der Waals surface area contributed by atoms with Crippen LogP contribution in [0.1, 0.15) is 39.1 Å². The normalized spacial score (nSPS) is 14.6. The summed E-state index contributed by atoms with van der Waals surface area (Å²) in [6.45, 7) is 12.4. The maximum Gasteiger partial charge on any atom is 0.409 e. The Kier molecular flexibility index (Phi) is 5.60. The molecular formula is C20H27N3O3S. The van der Waals surface area contributed by atoms with Crippen LogP contribution in [0.2, 0.25) is 0 Å². The Morgan fingerprint density at radius 1 is 1.00 bits per heavy atom. The van der Waals surface area contributed by atoms with Crippen molar-refractivity contribution >= 4 is 23.3 Å². The van der Waals surface area contributed by atoms with Crippen LogP contribution < -0.4 is 0 Å². The first kappa shape index (κ1) is 19.5. The molecule has 0 aliphatic carbocycles. The van der Waals surface area contributed by atoms with Crippen LogP contribution in [0.3, 0.4) is 0 Å². The zero-order valence-corrected chi connectivity index (χ0v) is 17.5. The monoisotopic (exact) mass is 389 g/mol. The van der Waals surface area contributed by atoms with Crippen molar-refractivity contribution in [3.63, 3.8) is 0 Å². The van der Waals surface area contributed by atoms with Crippen LogP contribution in [0, 0.1) is 27.7 Å². The summed E-state index contributed by atoms with van der Waals surface area (Å²) in [7, 11) is 0. The number of hydrogen-bond donors (Lipinski definition) is 0. The van der Waals surface area contributed by atoms with Gasteiger partial charge in [-0.3, -0.25) is 4.79 Å². The topological polar surface area (TPSA) is 54.8 Å². The summed E-state index contributed by atoms with van der Waals surface area (Å²) in [6.07, 6.45) is -0.300. The average molecular weight is 390 g/mol. The fourth-order valence-electron chi connectivity index (χ4n) is 3.47. The summed E-state index contributed by atoms with van der Waals surface area (Å²) >= 11 is 1.66. The molecule has 6 nitrogen and oxygen atoms in total. The Morgan fingerprint density at radius 3 is 2.11 bits per heavy atom. The number of hydrogen-bond acceptors (Lipinski definition) is 4. The Balaban J connectivity index is 1.85. The van der Waals surface area contributed by atoms with Gasteiger partial charge in [0.15, 0.2) is 0 Å². The van der Waals surface area contributed by atoms with Gasteiger partial charge in [-0.2, -0.15) is 0 Å². The van der Waals surface area contributed by atoms with Gasteiger partial charge in [0.25, 0.3) is 5.91 Å². The lowest BCUT2D eigenvalue weighted by atomic mass is 10.1. The maximum absolute atomic E-state index is 13.4. The summed E-state index contributed by atoms with van der Waals surface area (Å²) in [5, 5.41) is 0.989. The molecule has 27 heavy (non-hydrogen) atoms. The quantitative estimate of drug-likeness (QED) is 0.805. The van der Waals surface area contributed by atoms with Crippen molar-refractivity contribution in [2.24, 2.45) is 0 Å². The molecule has 1 saturated heterocycles. The highest BCUT2D eigenvalue weighted by Gasteiger charge is 2.30. The Hall–Kier alpha value is -2.28. The fraction of sp³-hybridized carbons (Fsp3) is 0.500. The van der Waals surface area contributed by atoms with Gasteiger partial charge >= 0.3 is 6.09 Å². The van der Waals surface area contributed by atoms with Gasteiger partial charge < -0.3 is 19.1 Å². The van der Waals surface area contributed by atoms with Gasteiger partial charge in [-0.25, -0.2) is 4.79 Å². The van der Waals surface area contributed by atoms with Crippen molar-refractivity contribution in [2.45, 2.75) is 34.6 Å². The largest absolute Gasteiger partial charge is 0.450 e. The van der Waals surface area contributed by atoms with Crippen LogP contribution in [0.15, 0.2) is 12.1 Å². The van der Waals surface area contributed by atoms with Crippen LogP contribution in [0.5, 0.6) is 0 Å². The van der Waals surface area contributed by atoms with Gasteiger partial charge in [0.2, 0.25) is 0 Å². The van der Waals surface area contributed by atoms with Crippen molar-refractivity contribution in [2.75, 3.05) is 32.8 Å². The molecule has 7 heteroatoms. The molecule has 1 aliphatic heterocycles. The summed E-state index contributed by atoms with van der Waals surface area (Å²) in [4.78, 5) is 29.9. The van der Waals surface area contributed by atoms with E-state index in [0.29, 0.717) is 32.8 Å². The summed E-state index contributed by atoms with van der Waals surface area (Å²) < 4.78 is 7.22. The molecule has 0 spiro atoms. The number of carbonyl (C=O) groups is 2. The van der Waals surface area contributed by atoms with E-state index >= 15 is 0 Å². The predicted octanol–water partition coefficient (Wildman–Crippen LogP) is 3.69. The smallest absolute Gasteiger partial charge is 0.409 e. The second-order valence-electron chi connectivity index (χ2n) is 6.89. The molecule has 2 aromatic heterocycles. The third-order valence-electron chi connectivity index (χ3n) is 5.15. The molecule has 0 radical (unpaired) electrons. The number of aromatic nitrogens is 1. The summed E-state index contributed by atoms with van der Waals surface area (Å²) in [5.41, 5.74) is 4.06. The lowest BCUT2D eigenvalue weighted by Gasteiger charge is -2.34. The highest BCUT2D eigenvalue weighted by Crippen LogP contribution is 2.34. The minimum Gasteiger partial charge on any atom is -0.450 e. The average Bonchev–Trinajstić information content (AvgIpc) is 3.13. The first-order valence-electron chi connectivity index (χ1n) is 9.31. The number of aryl methyl sites for hydroxylation is 3. The Labute approximate surface area is 164 Å². The van der Waals surface area contributed by atoms with E-state index in [1.807, 2.05) is 11.8 Å². The third-order valence-corrected chi connectivity index (χ3v) is 6.34. The number of ether oxygens (including phenoxy) is 1. The fourth-order valence-corrected chi connectivity index (χ4v) is 4.74. The molecule has 2 amide bonds. The van der Waals surface area contributed by atoms with Crippen molar-refractivity contribution in [3.8, 4) is 5.00 Å². The molecule has 2 aromatic rings. The van der Waals surface area contributed by atoms with Gasteiger partial charge in [0.1, 0.15) is 5.00 Å². The molecule has 1 aliphatic rings. The Bertz CT molecular complexity index is 841. The molecule has 3 rings (SSSR count). The minimum absolute atomic E-state index is 0.0443. The number of amides is 2. The van der Waals surface area contributed by atoms with Gasteiger partial charge in [-0.05, 0) is 52.3 Å². The SMILES string of the molecule is CCOC(=O)N1CCN(C(=O)c2c(-n3c(C)ccc3C)sc(C)c2C)CC1. The third kappa shape index (κ3) is 3.60. The highest BCUT2D eigenvalue weighted by molar-refractivity contribution is 7.15. The molecule has 0 saturated carbocycles. The van der Waals surface area contributed by atoms with E-state index in [2.05, 4.69) is 37.5 Å². The number of carbonyl (C=O) groups excluding carboxylic acids is 2. The van der Waals surface area contributed by atoms with E-state index in [0.717, 1.165) is 32.4 Å². The minimum atomic E-state index is -0.300. The van der Waals surface area contributed by atoms with Crippen molar-refractivity contribution < 1.29 is 14.3 Å². The molecule has 0 N–H and O–H groups in total. The number of thiophene rings is 1. The van der Waals surface area contributed by atoms with E-state index in [4.69, 9.17) is 4.74 Å². The van der Waals surface area contributed by atoms with E-state index in [1.165, 1.54) is 0 Å². The molecule has 3 heterocycles. The van der Waals surface area contributed by atoms with E-state index in [-0.39, 0.29) is 12.0 Å². The van der Waals surface area contributed by atoms with E-state index in [1.54, 1.807) is 23.2 Å². The van der Waals surface area contributed by atoms with Gasteiger partial charge in [0, 0.05) is 42.4 Å². The van der Waals surface area contributed by atoms with Crippen LogP contribution in [-0.2, 0) is 4.74 Å². The summed E-state index contributed by atoms with van der Waals surface area (Å²) in [6, 6.07) is 4.15. The molecule has 1 fully saturated rings. The standard InChI is InChI=1S/C20H27N3O3S/c1-6-26-20(25)22-11-9-21(10-12-22)18(24)17-15(4)16(5)27-19(17)23-13(2)7-8-14(23)3/h7-8H,6,9-12H2,1-5H3. The lowest BCUT2D eigenvalue weighted by Crippen LogP contribution is -2.50. The highest BCUT2D eigenvalue weighted by atomic mass is 32.1. The number of rotatable bonds is 3. The van der Waals surface area contributed by atoms with Crippen molar-refractivity contribution in [3.05, 3.63) is 39.5 Å². The first-order valence-corrected chi connectivity index (χ1v) is 10.1. The van der Waals surface area contributed by atoms with Gasteiger partial charge in [-0.1, -0.05) is 0 Å². The first-order chi connectivity index (χ1) is 12.8. The van der Waals surface area contributed by atoms with E-state index < -0.39 is 0 Å². The summed E-state index contributed by atoms with van der Waals surface area (Å²) in [5.74, 6) is 0.0443. The van der Waals surface area contributed by atoms with Gasteiger partial charge in [0.05, 0.1) is 12.2 Å². The molecule has 0 bridgehead atoms. The molecular weight excluding hydrogens is 362 g/mol. The second kappa shape index (κ2) is 7.76. The second-order valence-corrected chi connectivity index (χ2v) is 8.10. The zero-order valence-electron chi connectivity index (χ0n) is 16.7. The van der Waals surface area contributed by atoms with Gasteiger partial charge in [-0.15, -0.1) is 11.3 Å². The maximum atomic E-state index is 13.4.